The number of fused-ring (bicyclic) bond motifs is 2. The lowest BCUT2D eigenvalue weighted by Gasteiger charge is -2.27. The molecule has 9 heteroatoms. The zero-order chi connectivity index (χ0) is 17.6. The molecule has 0 bridgehead atoms. The molecule has 3 aromatic rings. The zero-order valence-electron chi connectivity index (χ0n) is 14.1. The highest BCUT2D eigenvalue weighted by molar-refractivity contribution is 5.92. The molecule has 3 aromatic heterocycles. The van der Waals surface area contributed by atoms with Gasteiger partial charge in [-0.3, -0.25) is 9.48 Å². The Hall–Kier alpha value is -2.81. The zero-order valence-corrected chi connectivity index (χ0v) is 14.1. The van der Waals surface area contributed by atoms with E-state index in [1.54, 1.807) is 15.5 Å². The lowest BCUT2D eigenvalue weighted by atomic mass is 10.1. The molecule has 1 aliphatic rings. The molecule has 4 heterocycles. The summed E-state index contributed by atoms with van der Waals surface area (Å²) in [7, 11) is 0. The van der Waals surface area contributed by atoms with Crippen LogP contribution in [0.5, 0.6) is 0 Å². The smallest absolute Gasteiger partial charge is 0.273 e. The van der Waals surface area contributed by atoms with Crippen LogP contribution in [-0.4, -0.2) is 51.8 Å². The van der Waals surface area contributed by atoms with E-state index in [0.717, 1.165) is 11.4 Å². The van der Waals surface area contributed by atoms with Gasteiger partial charge in [-0.15, -0.1) is 0 Å². The predicted octanol–water partition coefficient (Wildman–Crippen LogP) is 0.593. The Morgan fingerprint density at radius 3 is 2.92 bits per heavy atom. The van der Waals surface area contributed by atoms with E-state index in [9.17, 15) is 9.90 Å². The molecule has 1 N–H and O–H groups in total. The minimum atomic E-state index is -0.134. The van der Waals surface area contributed by atoms with Gasteiger partial charge in [-0.1, -0.05) is 13.8 Å². The van der Waals surface area contributed by atoms with E-state index in [2.05, 4.69) is 20.2 Å². The van der Waals surface area contributed by atoms with Crippen molar-refractivity contribution >= 4 is 11.7 Å². The third-order valence-corrected chi connectivity index (χ3v) is 4.39. The van der Waals surface area contributed by atoms with Crippen molar-refractivity contribution < 1.29 is 9.90 Å². The molecule has 9 nitrogen and oxygen atoms in total. The van der Waals surface area contributed by atoms with Crippen molar-refractivity contribution in [1.29, 1.82) is 0 Å². The summed E-state index contributed by atoms with van der Waals surface area (Å²) in [4.78, 5) is 23.2. The second-order valence-electron chi connectivity index (χ2n) is 6.43. The number of rotatable bonds is 3. The summed E-state index contributed by atoms with van der Waals surface area (Å²) in [5, 5.41) is 17.7. The quantitative estimate of drug-likeness (QED) is 0.748. The summed E-state index contributed by atoms with van der Waals surface area (Å²) in [6.45, 7) is 5.58. The first-order valence-corrected chi connectivity index (χ1v) is 8.23. The Kier molecular flexibility index (Phi) is 3.72. The van der Waals surface area contributed by atoms with Crippen molar-refractivity contribution in [2.75, 3.05) is 6.54 Å². The van der Waals surface area contributed by atoms with Gasteiger partial charge in [-0.05, 0) is 18.1 Å². The first-order valence-electron chi connectivity index (χ1n) is 8.23. The van der Waals surface area contributed by atoms with Gasteiger partial charge in [0, 0.05) is 6.54 Å². The van der Waals surface area contributed by atoms with Crippen molar-refractivity contribution in [3.8, 4) is 0 Å². The first kappa shape index (κ1) is 15.7. The molecule has 1 aliphatic heterocycles. The topological polar surface area (TPSA) is 101 Å². The van der Waals surface area contributed by atoms with E-state index in [1.807, 2.05) is 24.6 Å². The summed E-state index contributed by atoms with van der Waals surface area (Å²) < 4.78 is 3.50. The first-order chi connectivity index (χ1) is 12.1. The van der Waals surface area contributed by atoms with Crippen LogP contribution in [0.3, 0.4) is 0 Å². The number of hydrogen-bond acceptors (Lipinski definition) is 6. The summed E-state index contributed by atoms with van der Waals surface area (Å²) in [6, 6.07) is 3.62. The molecular formula is C16H19N7O2. The maximum absolute atomic E-state index is 13.0. The minimum Gasteiger partial charge on any atom is -0.390 e. The molecule has 0 spiro atoms. The lowest BCUT2D eigenvalue weighted by Crippen LogP contribution is -2.38. The standard InChI is InChI=1S/C16H19N7O2/c1-10(2)14-6-13(19-16-17-9-18-23(14)16)15(25)21-3-4-22-12(7-21)5-11(8-24)20-22/h5-6,9-10,24H,3-4,7-8H2,1-2H3. The normalized spacial score (nSPS) is 14.3. The molecule has 130 valence electrons. The number of nitrogens with zero attached hydrogens (tertiary/aromatic N) is 7. The fraction of sp³-hybridized carbons (Fsp3) is 0.438. The molecule has 4 rings (SSSR count). The van der Waals surface area contributed by atoms with Gasteiger partial charge in [0.15, 0.2) is 0 Å². The highest BCUT2D eigenvalue weighted by Gasteiger charge is 2.25. The lowest BCUT2D eigenvalue weighted by molar-refractivity contribution is 0.0700. The Bertz CT molecular complexity index is 943. The summed E-state index contributed by atoms with van der Waals surface area (Å²) in [6.07, 6.45) is 1.44. The Balaban J connectivity index is 1.66. The second-order valence-corrected chi connectivity index (χ2v) is 6.43. The van der Waals surface area contributed by atoms with Crippen molar-refractivity contribution in [2.45, 2.75) is 39.5 Å². The number of aromatic nitrogens is 6. The largest absolute Gasteiger partial charge is 0.390 e. The fourth-order valence-electron chi connectivity index (χ4n) is 3.09. The molecule has 0 saturated heterocycles. The van der Waals surface area contributed by atoms with Crippen LogP contribution in [-0.2, 0) is 19.7 Å². The van der Waals surface area contributed by atoms with E-state index in [4.69, 9.17) is 0 Å². The number of aliphatic hydroxyl groups is 1. The molecule has 0 saturated carbocycles. The van der Waals surface area contributed by atoms with Crippen molar-refractivity contribution in [3.05, 3.63) is 41.2 Å². The Morgan fingerprint density at radius 1 is 1.32 bits per heavy atom. The number of hydrogen-bond donors (Lipinski definition) is 1. The van der Waals surface area contributed by atoms with Crippen LogP contribution in [0.25, 0.3) is 5.78 Å². The minimum absolute atomic E-state index is 0.100. The summed E-state index contributed by atoms with van der Waals surface area (Å²) in [5.41, 5.74) is 2.81. The fourth-order valence-corrected chi connectivity index (χ4v) is 3.09. The third-order valence-electron chi connectivity index (χ3n) is 4.39. The average Bonchev–Trinajstić information content (AvgIpc) is 3.25. The number of carbonyl (C=O) groups excluding carboxylic acids is 1. The van der Waals surface area contributed by atoms with Gasteiger partial charge in [0.05, 0.1) is 36.8 Å². The molecular weight excluding hydrogens is 322 g/mol. The maximum atomic E-state index is 13.0. The van der Waals surface area contributed by atoms with Crippen LogP contribution in [0.1, 0.15) is 47.3 Å². The Morgan fingerprint density at radius 2 is 2.16 bits per heavy atom. The molecule has 0 radical (unpaired) electrons. The molecule has 1 amide bonds. The van der Waals surface area contributed by atoms with Crippen LogP contribution in [0.4, 0.5) is 0 Å². The van der Waals surface area contributed by atoms with E-state index < -0.39 is 0 Å². The molecule has 0 atom stereocenters. The van der Waals surface area contributed by atoms with Gasteiger partial charge >= 0.3 is 0 Å². The molecule has 0 fully saturated rings. The SMILES string of the molecule is CC(C)c1cc(C(=O)N2CCn3nc(CO)cc3C2)nc2ncnn12. The van der Waals surface area contributed by atoms with E-state index in [0.29, 0.717) is 36.8 Å². The van der Waals surface area contributed by atoms with Gasteiger partial charge in [-0.25, -0.2) is 9.50 Å². The van der Waals surface area contributed by atoms with Gasteiger partial charge in [0.2, 0.25) is 0 Å². The van der Waals surface area contributed by atoms with E-state index >= 15 is 0 Å². The van der Waals surface area contributed by atoms with E-state index in [-0.39, 0.29) is 18.4 Å². The van der Waals surface area contributed by atoms with Crippen molar-refractivity contribution in [3.63, 3.8) is 0 Å². The third kappa shape index (κ3) is 2.66. The van der Waals surface area contributed by atoms with Gasteiger partial charge < -0.3 is 10.0 Å². The van der Waals surface area contributed by atoms with Crippen LogP contribution in [0, 0.1) is 0 Å². The van der Waals surface area contributed by atoms with Gasteiger partial charge in [0.1, 0.15) is 12.0 Å². The van der Waals surface area contributed by atoms with Crippen LogP contribution < -0.4 is 0 Å². The van der Waals surface area contributed by atoms with Gasteiger partial charge in [0.25, 0.3) is 11.7 Å². The molecule has 0 unspecified atom stereocenters. The average molecular weight is 341 g/mol. The van der Waals surface area contributed by atoms with Crippen molar-refractivity contribution in [2.24, 2.45) is 0 Å². The van der Waals surface area contributed by atoms with Crippen LogP contribution in [0.2, 0.25) is 0 Å². The molecule has 25 heavy (non-hydrogen) atoms. The van der Waals surface area contributed by atoms with E-state index in [1.165, 1.54) is 6.33 Å². The predicted molar refractivity (Wildman–Crippen MR) is 87.8 cm³/mol. The number of amides is 1. The highest BCUT2D eigenvalue weighted by atomic mass is 16.3. The van der Waals surface area contributed by atoms with Crippen LogP contribution in [0.15, 0.2) is 18.5 Å². The van der Waals surface area contributed by atoms with Crippen molar-refractivity contribution in [1.82, 2.24) is 34.3 Å². The summed E-state index contributed by atoms with van der Waals surface area (Å²) in [5.74, 6) is 0.484. The number of carbonyl (C=O) groups is 1. The maximum Gasteiger partial charge on any atom is 0.273 e. The molecule has 0 aliphatic carbocycles. The second kappa shape index (κ2) is 5.92. The highest BCUT2D eigenvalue weighted by Crippen LogP contribution is 2.19. The Labute approximate surface area is 143 Å². The number of aliphatic hydroxyl groups excluding tert-OH is 1. The monoisotopic (exact) mass is 341 g/mol. The van der Waals surface area contributed by atoms with Gasteiger partial charge in [-0.2, -0.15) is 15.2 Å². The molecule has 0 aromatic carbocycles. The van der Waals surface area contributed by atoms with Crippen LogP contribution >= 0.6 is 0 Å². The summed E-state index contributed by atoms with van der Waals surface area (Å²) >= 11 is 0.